The van der Waals surface area contributed by atoms with Crippen LogP contribution in [0.1, 0.15) is 42.5 Å². The maximum atomic E-state index is 13.0. The second-order valence-corrected chi connectivity index (χ2v) is 7.44. The Morgan fingerprint density at radius 2 is 1.74 bits per heavy atom. The molecule has 3 N–H and O–H groups in total. The lowest BCUT2D eigenvalue weighted by molar-refractivity contribution is -0.122. The van der Waals surface area contributed by atoms with Crippen LogP contribution < -0.4 is 20.5 Å². The minimum atomic E-state index is -0.510. The molecule has 3 rings (SSSR count). The molecule has 27 heavy (non-hydrogen) atoms. The molecule has 1 aromatic rings. The van der Waals surface area contributed by atoms with E-state index in [4.69, 9.17) is 19.9 Å². The van der Waals surface area contributed by atoms with Crippen molar-refractivity contribution >= 4 is 17.6 Å². The van der Waals surface area contributed by atoms with E-state index in [2.05, 4.69) is 5.32 Å². The lowest BCUT2D eigenvalue weighted by Gasteiger charge is -2.43. The van der Waals surface area contributed by atoms with Crippen LogP contribution >= 0.6 is 0 Å². The third-order valence-corrected chi connectivity index (χ3v) is 5.94. The first-order chi connectivity index (χ1) is 13.0. The van der Waals surface area contributed by atoms with Gasteiger partial charge in [-0.25, -0.2) is 4.79 Å². The number of rotatable bonds is 5. The van der Waals surface area contributed by atoms with Crippen LogP contribution in [-0.4, -0.2) is 39.2 Å². The number of nitrogens with two attached hydrogens (primary N) is 1. The molecule has 0 aliphatic heterocycles. The summed E-state index contributed by atoms with van der Waals surface area (Å²) in [5.41, 5.74) is 7.02. The van der Waals surface area contributed by atoms with Gasteiger partial charge in [0.1, 0.15) is 0 Å². The van der Waals surface area contributed by atoms with E-state index < -0.39 is 5.97 Å². The number of esters is 1. The van der Waals surface area contributed by atoms with Crippen molar-refractivity contribution < 1.29 is 23.8 Å². The minimum absolute atomic E-state index is 0.0684. The van der Waals surface area contributed by atoms with Crippen molar-refractivity contribution in [2.75, 3.05) is 26.6 Å². The van der Waals surface area contributed by atoms with Gasteiger partial charge in [0.25, 0.3) is 0 Å². The van der Waals surface area contributed by atoms with Crippen LogP contribution in [0.5, 0.6) is 11.5 Å². The molecular formula is C20H28N2O5. The smallest absolute Gasteiger partial charge is 0.338 e. The fourth-order valence-corrected chi connectivity index (χ4v) is 4.53. The average molecular weight is 376 g/mol. The summed E-state index contributed by atoms with van der Waals surface area (Å²) < 4.78 is 15.5. The number of hydrogen-bond acceptors (Lipinski definition) is 6. The van der Waals surface area contributed by atoms with Gasteiger partial charge >= 0.3 is 5.97 Å². The largest absolute Gasteiger partial charge is 0.493 e. The van der Waals surface area contributed by atoms with Crippen molar-refractivity contribution in [1.29, 1.82) is 0 Å². The molecule has 0 radical (unpaired) electrons. The Hall–Kier alpha value is -2.28. The molecule has 2 unspecified atom stereocenters. The Morgan fingerprint density at radius 3 is 2.30 bits per heavy atom. The van der Waals surface area contributed by atoms with Crippen LogP contribution in [0.4, 0.5) is 5.69 Å². The third-order valence-electron chi connectivity index (χ3n) is 5.94. The molecular weight excluding hydrogens is 348 g/mol. The number of anilines is 1. The predicted octanol–water partition coefficient (Wildman–Crippen LogP) is 2.58. The summed E-state index contributed by atoms with van der Waals surface area (Å²) in [6.45, 7) is 0. The first-order valence-electron chi connectivity index (χ1n) is 9.39. The molecule has 0 aromatic heterocycles. The standard InChI is InChI=1S/C20H28N2O5/c1-25-16-10-14(20(24)27-3)9-15(18(16)26-2)22-19(23)13-7-11-5-4-6-12(8-13)17(11)21/h9-13,17H,4-8,21H2,1-3H3,(H,22,23). The van der Waals surface area contributed by atoms with E-state index in [1.54, 1.807) is 6.07 Å². The Bertz CT molecular complexity index is 707. The maximum absolute atomic E-state index is 13.0. The second kappa shape index (κ2) is 8.17. The Kier molecular flexibility index (Phi) is 5.89. The second-order valence-electron chi connectivity index (χ2n) is 7.44. The summed E-state index contributed by atoms with van der Waals surface area (Å²) in [5.74, 6) is 0.894. The molecule has 7 nitrogen and oxygen atoms in total. The van der Waals surface area contributed by atoms with E-state index >= 15 is 0 Å². The summed E-state index contributed by atoms with van der Waals surface area (Å²) in [4.78, 5) is 24.9. The van der Waals surface area contributed by atoms with Crippen LogP contribution in [0, 0.1) is 17.8 Å². The Balaban J connectivity index is 1.83. The zero-order chi connectivity index (χ0) is 19.6. The average Bonchev–Trinajstić information content (AvgIpc) is 2.66. The highest BCUT2D eigenvalue weighted by Crippen LogP contribution is 2.43. The summed E-state index contributed by atoms with van der Waals surface area (Å²) >= 11 is 0. The van der Waals surface area contributed by atoms with Crippen LogP contribution in [0.15, 0.2) is 12.1 Å². The van der Waals surface area contributed by atoms with E-state index in [9.17, 15) is 9.59 Å². The van der Waals surface area contributed by atoms with E-state index in [0.29, 0.717) is 29.0 Å². The highest BCUT2D eigenvalue weighted by molar-refractivity contribution is 5.98. The fraction of sp³-hybridized carbons (Fsp3) is 0.600. The van der Waals surface area contributed by atoms with Crippen LogP contribution in [0.25, 0.3) is 0 Å². The van der Waals surface area contributed by atoms with Crippen molar-refractivity contribution in [1.82, 2.24) is 0 Å². The molecule has 148 valence electrons. The van der Waals surface area contributed by atoms with Gasteiger partial charge in [0, 0.05) is 12.0 Å². The monoisotopic (exact) mass is 376 g/mol. The van der Waals surface area contributed by atoms with Crippen molar-refractivity contribution in [3.05, 3.63) is 17.7 Å². The first-order valence-corrected chi connectivity index (χ1v) is 9.39. The van der Waals surface area contributed by atoms with Gasteiger partial charge in [-0.1, -0.05) is 6.42 Å². The van der Waals surface area contributed by atoms with Gasteiger partial charge < -0.3 is 25.3 Å². The number of benzene rings is 1. The summed E-state index contributed by atoms with van der Waals surface area (Å²) in [7, 11) is 4.28. The summed E-state index contributed by atoms with van der Waals surface area (Å²) in [6.07, 6.45) is 5.00. The first kappa shape index (κ1) is 19.5. The Labute approximate surface area is 159 Å². The molecule has 0 spiro atoms. The molecule has 2 saturated carbocycles. The van der Waals surface area contributed by atoms with E-state index in [1.807, 2.05) is 0 Å². The Morgan fingerprint density at radius 1 is 1.07 bits per heavy atom. The lowest BCUT2D eigenvalue weighted by atomic mass is 9.65. The van der Waals surface area contributed by atoms with E-state index in [-0.39, 0.29) is 23.4 Å². The van der Waals surface area contributed by atoms with Crippen molar-refractivity contribution in [3.63, 3.8) is 0 Å². The van der Waals surface area contributed by atoms with Gasteiger partial charge in [0.15, 0.2) is 11.5 Å². The molecule has 2 aliphatic rings. The zero-order valence-electron chi connectivity index (χ0n) is 16.1. The SMILES string of the molecule is COC(=O)c1cc(NC(=O)C2CC3CCCC(C2)C3N)c(OC)c(OC)c1. The number of fused-ring (bicyclic) bond motifs is 2. The van der Waals surface area contributed by atoms with Gasteiger partial charge in [-0.2, -0.15) is 0 Å². The number of amides is 1. The van der Waals surface area contributed by atoms with E-state index in [0.717, 1.165) is 25.7 Å². The van der Waals surface area contributed by atoms with Crippen molar-refractivity contribution in [3.8, 4) is 11.5 Å². The van der Waals surface area contributed by atoms with Crippen molar-refractivity contribution in [2.24, 2.45) is 23.5 Å². The molecule has 2 atom stereocenters. The van der Waals surface area contributed by atoms with Crippen LogP contribution in [0.3, 0.4) is 0 Å². The van der Waals surface area contributed by atoms with Gasteiger partial charge in [-0.05, 0) is 49.7 Å². The van der Waals surface area contributed by atoms with Crippen LogP contribution in [-0.2, 0) is 9.53 Å². The number of carbonyl (C=O) groups is 2. The van der Waals surface area contributed by atoms with E-state index in [1.165, 1.54) is 33.8 Å². The number of carbonyl (C=O) groups excluding carboxylic acids is 2. The number of ether oxygens (including phenoxy) is 3. The summed E-state index contributed by atoms with van der Waals surface area (Å²) in [5, 5.41) is 2.94. The molecule has 0 saturated heterocycles. The number of methoxy groups -OCH3 is 3. The fourth-order valence-electron chi connectivity index (χ4n) is 4.53. The molecule has 7 heteroatoms. The molecule has 0 heterocycles. The maximum Gasteiger partial charge on any atom is 0.338 e. The molecule has 2 aliphatic carbocycles. The van der Waals surface area contributed by atoms with Gasteiger partial charge in [-0.15, -0.1) is 0 Å². The third kappa shape index (κ3) is 3.88. The highest BCUT2D eigenvalue weighted by Gasteiger charge is 2.40. The van der Waals surface area contributed by atoms with Crippen molar-refractivity contribution in [2.45, 2.75) is 38.1 Å². The highest BCUT2D eigenvalue weighted by atomic mass is 16.5. The van der Waals surface area contributed by atoms with Crippen LogP contribution in [0.2, 0.25) is 0 Å². The quantitative estimate of drug-likeness (QED) is 0.766. The topological polar surface area (TPSA) is 99.9 Å². The molecule has 1 amide bonds. The summed E-state index contributed by atoms with van der Waals surface area (Å²) in [6, 6.07) is 3.30. The zero-order valence-corrected chi connectivity index (χ0v) is 16.1. The number of nitrogens with one attached hydrogen (secondary N) is 1. The molecule has 2 fully saturated rings. The minimum Gasteiger partial charge on any atom is -0.493 e. The number of hydrogen-bond donors (Lipinski definition) is 2. The predicted molar refractivity (Wildman–Crippen MR) is 101 cm³/mol. The molecule has 1 aromatic carbocycles. The lowest BCUT2D eigenvalue weighted by Crippen LogP contribution is -2.48. The normalized spacial score (nSPS) is 26.8. The van der Waals surface area contributed by atoms with Gasteiger partial charge in [0.2, 0.25) is 5.91 Å². The van der Waals surface area contributed by atoms with Gasteiger partial charge in [0.05, 0.1) is 32.6 Å². The van der Waals surface area contributed by atoms with Gasteiger partial charge in [-0.3, -0.25) is 4.79 Å². The molecule has 2 bridgehead atoms.